The molecule has 0 unspecified atom stereocenters. The second-order valence-corrected chi connectivity index (χ2v) is 15.9. The number of hydrogen-bond acceptors (Lipinski definition) is 6. The lowest BCUT2D eigenvalue weighted by Crippen LogP contribution is -2.69. The number of aliphatic hydroxyl groups excluding tert-OH is 1. The quantitative estimate of drug-likeness (QED) is 0.161. The van der Waals surface area contributed by atoms with Gasteiger partial charge in [-0.15, -0.1) is 0 Å². The van der Waals surface area contributed by atoms with Crippen molar-refractivity contribution in [2.75, 3.05) is 6.61 Å². The van der Waals surface area contributed by atoms with E-state index in [1.165, 1.54) is 0 Å². The third-order valence-corrected chi connectivity index (χ3v) is 12.8. The maximum absolute atomic E-state index is 13.4. The van der Waals surface area contributed by atoms with Crippen LogP contribution in [0.5, 0.6) is 0 Å². The molecule has 0 amide bonds. The Morgan fingerprint density at radius 2 is 1.14 bits per heavy atom. The van der Waals surface area contributed by atoms with Gasteiger partial charge in [0.05, 0.1) is 11.1 Å². The maximum Gasteiger partial charge on any atom is 0.338 e. The zero-order valence-electron chi connectivity index (χ0n) is 24.6. The van der Waals surface area contributed by atoms with E-state index in [-0.39, 0.29) is 11.6 Å². The average molecular weight is 593 g/mol. The second-order valence-electron chi connectivity index (χ2n) is 11.6. The van der Waals surface area contributed by atoms with Crippen LogP contribution in [-0.2, 0) is 13.9 Å². The topological polar surface area (TPSA) is 82.1 Å². The summed E-state index contributed by atoms with van der Waals surface area (Å²) in [5, 5.41) is 13.2. The van der Waals surface area contributed by atoms with Crippen molar-refractivity contribution >= 4 is 30.6 Å². The molecule has 220 valence electrons. The van der Waals surface area contributed by atoms with E-state index in [4.69, 9.17) is 13.9 Å². The fourth-order valence-electron chi connectivity index (χ4n) is 5.66. The first-order valence-electron chi connectivity index (χ1n) is 14.4. The number of aliphatic hydroxyl groups is 1. The minimum absolute atomic E-state index is 0.169. The van der Waals surface area contributed by atoms with Crippen LogP contribution in [0.4, 0.5) is 0 Å². The molecule has 0 aromatic heterocycles. The van der Waals surface area contributed by atoms with Gasteiger partial charge in [-0.05, 0) is 45.8 Å². The first-order valence-corrected chi connectivity index (χ1v) is 16.3. The summed E-state index contributed by atoms with van der Waals surface area (Å²) in [6.07, 6.45) is -1.46. The van der Waals surface area contributed by atoms with Gasteiger partial charge in [0, 0.05) is 5.57 Å². The highest BCUT2D eigenvalue weighted by atomic mass is 28.4. The molecule has 4 aromatic rings. The van der Waals surface area contributed by atoms with Gasteiger partial charge in [0.15, 0.2) is 6.10 Å². The summed E-state index contributed by atoms with van der Waals surface area (Å²) in [4.78, 5) is 26.2. The number of esters is 2. The Balaban J connectivity index is 1.53. The van der Waals surface area contributed by atoms with Crippen molar-refractivity contribution in [2.24, 2.45) is 0 Å². The van der Waals surface area contributed by atoms with Gasteiger partial charge < -0.3 is 19.0 Å². The van der Waals surface area contributed by atoms with Crippen molar-refractivity contribution in [2.45, 2.75) is 44.1 Å². The van der Waals surface area contributed by atoms with Gasteiger partial charge in [0.25, 0.3) is 8.32 Å². The summed E-state index contributed by atoms with van der Waals surface area (Å²) >= 11 is 0. The minimum Gasteiger partial charge on any atom is -0.457 e. The van der Waals surface area contributed by atoms with Crippen LogP contribution in [0.2, 0.25) is 5.04 Å². The predicted octanol–water partition coefficient (Wildman–Crippen LogP) is 5.32. The zero-order valence-corrected chi connectivity index (χ0v) is 25.6. The number of ether oxygens (including phenoxy) is 2. The SMILES string of the molecule is CC(C)(C)[Si](O[C@H]1[C@@H](O)C=C(COC(=O)c2ccccc2)[C@@H]1OC(=O)c1ccccc1)(c1ccccc1)c1ccccc1. The van der Waals surface area contributed by atoms with Crippen molar-refractivity contribution in [1.29, 1.82) is 0 Å². The van der Waals surface area contributed by atoms with Crippen molar-refractivity contribution in [3.05, 3.63) is 144 Å². The van der Waals surface area contributed by atoms with Crippen LogP contribution in [0.3, 0.4) is 0 Å². The molecule has 1 aliphatic rings. The molecule has 7 heteroatoms. The molecule has 1 aliphatic carbocycles. The Morgan fingerprint density at radius 3 is 1.60 bits per heavy atom. The molecule has 0 radical (unpaired) electrons. The lowest BCUT2D eigenvalue weighted by atomic mass is 10.1. The van der Waals surface area contributed by atoms with Crippen LogP contribution >= 0.6 is 0 Å². The minimum atomic E-state index is -3.15. The van der Waals surface area contributed by atoms with E-state index in [1.807, 2.05) is 48.5 Å². The lowest BCUT2D eigenvalue weighted by molar-refractivity contribution is -0.0255. The summed E-state index contributed by atoms with van der Waals surface area (Å²) < 4.78 is 19.0. The molecule has 1 N–H and O–H groups in total. The Morgan fingerprint density at radius 1 is 0.698 bits per heavy atom. The molecule has 0 fully saturated rings. The standard InChI is InChI=1S/C36H36O6Si/c1-36(2,3)43(29-20-12-6-13-21-29,30-22-14-7-15-23-30)42-33-31(37)24-28(25-40-34(38)26-16-8-4-9-17-26)32(33)41-35(39)27-18-10-5-11-19-27/h4-24,31-33,37H,25H2,1-3H3/t31-,32-,33-/m0/s1. The highest BCUT2D eigenvalue weighted by Gasteiger charge is 2.55. The third kappa shape index (κ3) is 6.39. The molecule has 6 nitrogen and oxygen atoms in total. The molecule has 3 atom stereocenters. The van der Waals surface area contributed by atoms with Gasteiger partial charge in [-0.1, -0.05) is 118 Å². The molecule has 0 bridgehead atoms. The maximum atomic E-state index is 13.4. The molecular formula is C36H36O6Si. The molecule has 5 rings (SSSR count). The molecule has 0 heterocycles. The Labute approximate surface area is 253 Å². The molecule has 0 aliphatic heterocycles. The van der Waals surface area contributed by atoms with Gasteiger partial charge in [-0.3, -0.25) is 0 Å². The Bertz CT molecular complexity index is 1510. The summed E-state index contributed by atoms with van der Waals surface area (Å²) in [7, 11) is -3.15. The van der Waals surface area contributed by atoms with E-state index in [0.717, 1.165) is 10.4 Å². The smallest absolute Gasteiger partial charge is 0.338 e. The van der Waals surface area contributed by atoms with Crippen molar-refractivity contribution in [1.82, 2.24) is 0 Å². The normalized spacial score (nSPS) is 18.5. The number of hydrogen-bond donors (Lipinski definition) is 1. The highest BCUT2D eigenvalue weighted by molar-refractivity contribution is 6.99. The first-order chi connectivity index (χ1) is 20.7. The predicted molar refractivity (Wildman–Crippen MR) is 169 cm³/mol. The molecule has 4 aromatic carbocycles. The molecule has 0 saturated carbocycles. The Kier molecular flexibility index (Phi) is 9.06. The van der Waals surface area contributed by atoms with Crippen LogP contribution in [0, 0.1) is 0 Å². The van der Waals surface area contributed by atoms with Gasteiger partial charge in [0.2, 0.25) is 0 Å². The first kappa shape index (κ1) is 30.2. The fraction of sp³-hybridized carbons (Fsp3) is 0.222. The highest BCUT2D eigenvalue weighted by Crippen LogP contribution is 2.40. The lowest BCUT2D eigenvalue weighted by Gasteiger charge is -2.46. The Hall–Kier alpha value is -4.30. The van der Waals surface area contributed by atoms with E-state index >= 15 is 0 Å². The summed E-state index contributed by atoms with van der Waals surface area (Å²) in [5.41, 5.74) is 1.23. The van der Waals surface area contributed by atoms with Gasteiger partial charge in [0.1, 0.15) is 18.8 Å². The zero-order chi connectivity index (χ0) is 30.5. The van der Waals surface area contributed by atoms with E-state index < -0.39 is 38.6 Å². The summed E-state index contributed by atoms with van der Waals surface area (Å²) in [5.74, 6) is -1.07. The summed E-state index contributed by atoms with van der Waals surface area (Å²) in [6, 6.07) is 37.5. The number of benzene rings is 4. The van der Waals surface area contributed by atoms with E-state index in [0.29, 0.717) is 16.7 Å². The van der Waals surface area contributed by atoms with Crippen LogP contribution in [0.1, 0.15) is 41.5 Å². The average Bonchev–Trinajstić information content (AvgIpc) is 3.32. The van der Waals surface area contributed by atoms with Crippen LogP contribution in [-0.4, -0.2) is 50.3 Å². The number of carbonyl (C=O) groups excluding carboxylic acids is 2. The van der Waals surface area contributed by atoms with E-state index in [1.54, 1.807) is 54.6 Å². The van der Waals surface area contributed by atoms with Gasteiger partial charge in [-0.2, -0.15) is 0 Å². The molecule has 43 heavy (non-hydrogen) atoms. The van der Waals surface area contributed by atoms with Crippen molar-refractivity contribution < 1.29 is 28.6 Å². The number of carbonyl (C=O) groups is 2. The van der Waals surface area contributed by atoms with Crippen LogP contribution < -0.4 is 10.4 Å². The largest absolute Gasteiger partial charge is 0.457 e. The van der Waals surface area contributed by atoms with Gasteiger partial charge >= 0.3 is 11.9 Å². The van der Waals surface area contributed by atoms with Crippen LogP contribution in [0.15, 0.2) is 133 Å². The van der Waals surface area contributed by atoms with Crippen molar-refractivity contribution in [3.63, 3.8) is 0 Å². The molecule has 0 saturated heterocycles. The number of rotatable bonds is 9. The van der Waals surface area contributed by atoms with E-state index in [9.17, 15) is 14.7 Å². The van der Waals surface area contributed by atoms with E-state index in [2.05, 4.69) is 45.0 Å². The second kappa shape index (κ2) is 12.9. The monoisotopic (exact) mass is 592 g/mol. The summed E-state index contributed by atoms with van der Waals surface area (Å²) in [6.45, 7) is 6.25. The van der Waals surface area contributed by atoms with Crippen LogP contribution in [0.25, 0.3) is 0 Å². The molecular weight excluding hydrogens is 556 g/mol. The van der Waals surface area contributed by atoms with Gasteiger partial charge in [-0.25, -0.2) is 9.59 Å². The van der Waals surface area contributed by atoms with Crippen molar-refractivity contribution in [3.8, 4) is 0 Å². The fourth-order valence-corrected chi connectivity index (χ4v) is 10.3. The molecule has 0 spiro atoms. The third-order valence-electron chi connectivity index (χ3n) is 7.74.